The van der Waals surface area contributed by atoms with Crippen LogP contribution in [0, 0.1) is 5.41 Å². The maximum atomic E-state index is 11.3. The number of sulfone groups is 1. The van der Waals surface area contributed by atoms with Gasteiger partial charge in [0.15, 0.2) is 9.84 Å². The molecule has 0 aliphatic carbocycles. The van der Waals surface area contributed by atoms with Crippen molar-refractivity contribution in [3.8, 4) is 0 Å². The molecule has 0 bridgehead atoms. The Kier molecular flexibility index (Phi) is 4.55. The summed E-state index contributed by atoms with van der Waals surface area (Å²) < 4.78 is 22.6. The average Bonchev–Trinajstić information content (AvgIpc) is 2.28. The molecule has 0 spiro atoms. The third-order valence-corrected chi connectivity index (χ3v) is 5.38. The van der Waals surface area contributed by atoms with Crippen LogP contribution in [0.15, 0.2) is 0 Å². The summed E-state index contributed by atoms with van der Waals surface area (Å²) in [5.41, 5.74) is -0.735. The lowest BCUT2D eigenvalue weighted by Gasteiger charge is -2.35. The molecular formula is C11H21NO4S. The van der Waals surface area contributed by atoms with E-state index in [1.54, 1.807) is 0 Å². The van der Waals surface area contributed by atoms with Crippen LogP contribution in [0.1, 0.15) is 26.7 Å². The van der Waals surface area contributed by atoms with E-state index in [4.69, 9.17) is 0 Å². The second-order valence-corrected chi connectivity index (χ2v) is 7.02. The van der Waals surface area contributed by atoms with Gasteiger partial charge in [0, 0.05) is 19.6 Å². The average molecular weight is 263 g/mol. The molecule has 0 aromatic heterocycles. The molecule has 6 heteroatoms. The third-order valence-electron chi connectivity index (χ3n) is 3.77. The van der Waals surface area contributed by atoms with Crippen molar-refractivity contribution >= 4 is 15.8 Å². The lowest BCUT2D eigenvalue weighted by Crippen LogP contribution is -2.48. The smallest absolute Gasteiger partial charge is 0.310 e. The molecular weight excluding hydrogens is 242 g/mol. The summed E-state index contributed by atoms with van der Waals surface area (Å²) in [4.78, 5) is 13.3. The second kappa shape index (κ2) is 5.35. The number of nitrogens with zero attached hydrogens (tertiary/aromatic N) is 1. The maximum absolute atomic E-state index is 11.3. The fourth-order valence-electron chi connectivity index (χ4n) is 2.18. The Labute approximate surface area is 103 Å². The van der Waals surface area contributed by atoms with Crippen LogP contribution in [0.2, 0.25) is 0 Å². The molecule has 0 aromatic rings. The van der Waals surface area contributed by atoms with E-state index in [0.717, 1.165) is 0 Å². The molecule has 17 heavy (non-hydrogen) atoms. The summed E-state index contributed by atoms with van der Waals surface area (Å²) in [5, 5.41) is 9.31. The molecule has 0 unspecified atom stereocenters. The number of rotatable bonds is 5. The van der Waals surface area contributed by atoms with Gasteiger partial charge in [-0.1, -0.05) is 13.8 Å². The van der Waals surface area contributed by atoms with Crippen molar-refractivity contribution < 1.29 is 18.3 Å². The molecule has 1 aliphatic rings. The highest BCUT2D eigenvalue weighted by Gasteiger charge is 2.37. The largest absolute Gasteiger partial charge is 0.481 e. The van der Waals surface area contributed by atoms with Crippen LogP contribution in [0.5, 0.6) is 0 Å². The zero-order valence-electron chi connectivity index (χ0n) is 10.5. The van der Waals surface area contributed by atoms with E-state index < -0.39 is 21.2 Å². The Bertz CT molecular complexity index is 359. The topological polar surface area (TPSA) is 74.7 Å². The third kappa shape index (κ3) is 3.42. The first-order valence-corrected chi connectivity index (χ1v) is 7.83. The van der Waals surface area contributed by atoms with E-state index in [0.29, 0.717) is 32.5 Å². The van der Waals surface area contributed by atoms with Crippen molar-refractivity contribution in [2.24, 2.45) is 5.41 Å². The minimum Gasteiger partial charge on any atom is -0.481 e. The number of carbonyl (C=O) groups is 1. The van der Waals surface area contributed by atoms with Crippen LogP contribution < -0.4 is 0 Å². The SMILES string of the molecule is CCC(CC)(CN1CCS(=O)(=O)CC1)C(=O)O. The fraction of sp³-hybridized carbons (Fsp3) is 0.909. The monoisotopic (exact) mass is 263 g/mol. The summed E-state index contributed by atoms with van der Waals surface area (Å²) in [5.74, 6) is -0.484. The Hall–Kier alpha value is -0.620. The van der Waals surface area contributed by atoms with Gasteiger partial charge in [0.05, 0.1) is 16.9 Å². The molecule has 5 nitrogen and oxygen atoms in total. The van der Waals surface area contributed by atoms with Crippen molar-refractivity contribution in [2.75, 3.05) is 31.1 Å². The van der Waals surface area contributed by atoms with Crippen LogP contribution in [-0.4, -0.2) is 55.5 Å². The minimum atomic E-state index is -2.89. The number of hydrogen-bond acceptors (Lipinski definition) is 4. The van der Waals surface area contributed by atoms with E-state index in [2.05, 4.69) is 0 Å². The quantitative estimate of drug-likeness (QED) is 0.786. The molecule has 1 saturated heterocycles. The van der Waals surface area contributed by atoms with Gasteiger partial charge in [0.1, 0.15) is 0 Å². The summed E-state index contributed by atoms with van der Waals surface area (Å²) in [7, 11) is -2.89. The van der Waals surface area contributed by atoms with Crippen LogP contribution in [0.3, 0.4) is 0 Å². The van der Waals surface area contributed by atoms with Gasteiger partial charge in [-0.2, -0.15) is 0 Å². The number of carboxylic acids is 1. The summed E-state index contributed by atoms with van der Waals surface area (Å²) in [6.07, 6.45) is 1.14. The van der Waals surface area contributed by atoms with E-state index >= 15 is 0 Å². The van der Waals surface area contributed by atoms with Gasteiger partial charge in [0.2, 0.25) is 0 Å². The molecule has 0 amide bonds. The van der Waals surface area contributed by atoms with E-state index in [1.807, 2.05) is 18.7 Å². The molecule has 1 fully saturated rings. The van der Waals surface area contributed by atoms with Crippen molar-refractivity contribution in [1.82, 2.24) is 4.90 Å². The van der Waals surface area contributed by atoms with Crippen LogP contribution >= 0.6 is 0 Å². The maximum Gasteiger partial charge on any atom is 0.310 e. The number of carboxylic acid groups (broad SMARTS) is 1. The predicted octanol–water partition coefficient (Wildman–Crippen LogP) is 0.608. The van der Waals surface area contributed by atoms with Crippen LogP contribution in [0.4, 0.5) is 0 Å². The molecule has 0 aromatic carbocycles. The highest BCUT2D eigenvalue weighted by Crippen LogP contribution is 2.28. The van der Waals surface area contributed by atoms with Gasteiger partial charge in [0.25, 0.3) is 0 Å². The molecule has 1 rings (SSSR count). The van der Waals surface area contributed by atoms with Crippen molar-refractivity contribution in [3.05, 3.63) is 0 Å². The zero-order chi connectivity index (χ0) is 13.1. The molecule has 1 N–H and O–H groups in total. The Morgan fingerprint density at radius 1 is 1.24 bits per heavy atom. The normalized spacial score (nSPS) is 21.3. The van der Waals surface area contributed by atoms with Crippen molar-refractivity contribution in [3.63, 3.8) is 0 Å². The van der Waals surface area contributed by atoms with Gasteiger partial charge < -0.3 is 10.0 Å². The fourth-order valence-corrected chi connectivity index (χ4v) is 3.46. The van der Waals surface area contributed by atoms with E-state index in [9.17, 15) is 18.3 Å². The van der Waals surface area contributed by atoms with Crippen LogP contribution in [-0.2, 0) is 14.6 Å². The second-order valence-electron chi connectivity index (χ2n) is 4.72. The van der Waals surface area contributed by atoms with Crippen molar-refractivity contribution in [1.29, 1.82) is 0 Å². The van der Waals surface area contributed by atoms with E-state index in [-0.39, 0.29) is 11.5 Å². The Morgan fingerprint density at radius 3 is 2.06 bits per heavy atom. The highest BCUT2D eigenvalue weighted by atomic mass is 32.2. The summed E-state index contributed by atoms with van der Waals surface area (Å²) >= 11 is 0. The molecule has 0 saturated carbocycles. The highest BCUT2D eigenvalue weighted by molar-refractivity contribution is 7.91. The Morgan fingerprint density at radius 2 is 1.71 bits per heavy atom. The number of aliphatic carboxylic acids is 1. The predicted molar refractivity (Wildman–Crippen MR) is 65.7 cm³/mol. The minimum absolute atomic E-state index is 0.149. The first-order chi connectivity index (χ1) is 7.85. The standard InChI is InChI=1S/C11H21NO4S/c1-3-11(4-2,10(13)14)9-12-5-7-17(15,16)8-6-12/h3-9H2,1-2H3,(H,13,14). The van der Waals surface area contributed by atoms with Gasteiger partial charge >= 0.3 is 5.97 Å². The van der Waals surface area contributed by atoms with E-state index in [1.165, 1.54) is 0 Å². The number of hydrogen-bond donors (Lipinski definition) is 1. The summed E-state index contributed by atoms with van der Waals surface area (Å²) in [6, 6.07) is 0. The zero-order valence-corrected chi connectivity index (χ0v) is 11.3. The summed E-state index contributed by atoms with van der Waals surface area (Å²) in [6.45, 7) is 5.11. The lowest BCUT2D eigenvalue weighted by molar-refractivity contribution is -0.150. The molecule has 1 aliphatic heterocycles. The van der Waals surface area contributed by atoms with Gasteiger partial charge in [-0.05, 0) is 12.8 Å². The van der Waals surface area contributed by atoms with Gasteiger partial charge in [-0.25, -0.2) is 8.42 Å². The first kappa shape index (κ1) is 14.4. The lowest BCUT2D eigenvalue weighted by atomic mass is 9.82. The van der Waals surface area contributed by atoms with Crippen molar-refractivity contribution in [2.45, 2.75) is 26.7 Å². The molecule has 1 heterocycles. The molecule has 0 atom stereocenters. The molecule has 0 radical (unpaired) electrons. The van der Waals surface area contributed by atoms with Gasteiger partial charge in [-0.15, -0.1) is 0 Å². The molecule has 100 valence electrons. The first-order valence-electron chi connectivity index (χ1n) is 6.01. The Balaban J connectivity index is 2.67. The van der Waals surface area contributed by atoms with Gasteiger partial charge in [-0.3, -0.25) is 4.79 Å². The van der Waals surface area contributed by atoms with Crippen LogP contribution in [0.25, 0.3) is 0 Å².